The van der Waals surface area contributed by atoms with Gasteiger partial charge in [0, 0.05) is 6.04 Å². The van der Waals surface area contributed by atoms with E-state index in [1.165, 1.54) is 36.8 Å². The predicted molar refractivity (Wildman–Crippen MR) is 69.7 cm³/mol. The maximum Gasteiger partial charge on any atom is 0.0136 e. The van der Waals surface area contributed by atoms with Crippen molar-refractivity contribution in [3.8, 4) is 0 Å². The average molecular weight is 217 g/mol. The standard InChI is InChI=1S/C15H23N/c1-3-10-16-15(14-8-9-14)11-13-6-4-12(2)5-7-13/h4-7,14-16H,3,8-11H2,1-2H3. The van der Waals surface area contributed by atoms with Crippen molar-refractivity contribution in [1.82, 2.24) is 5.32 Å². The maximum atomic E-state index is 3.69. The van der Waals surface area contributed by atoms with Gasteiger partial charge in [-0.1, -0.05) is 36.8 Å². The van der Waals surface area contributed by atoms with Crippen molar-refractivity contribution in [2.45, 2.75) is 45.6 Å². The first kappa shape index (κ1) is 11.7. The summed E-state index contributed by atoms with van der Waals surface area (Å²) in [6, 6.07) is 9.71. The monoisotopic (exact) mass is 217 g/mol. The Labute approximate surface area is 99.3 Å². The van der Waals surface area contributed by atoms with Crippen molar-refractivity contribution in [1.29, 1.82) is 0 Å². The Bertz CT molecular complexity index is 311. The fraction of sp³-hybridized carbons (Fsp3) is 0.600. The summed E-state index contributed by atoms with van der Waals surface area (Å²) in [5, 5.41) is 3.69. The molecule has 1 aromatic carbocycles. The molecule has 0 radical (unpaired) electrons. The minimum absolute atomic E-state index is 0.711. The second kappa shape index (κ2) is 5.49. The van der Waals surface area contributed by atoms with Crippen LogP contribution in [-0.2, 0) is 6.42 Å². The highest BCUT2D eigenvalue weighted by molar-refractivity contribution is 5.22. The van der Waals surface area contributed by atoms with E-state index in [9.17, 15) is 0 Å². The Morgan fingerprint density at radius 3 is 2.50 bits per heavy atom. The lowest BCUT2D eigenvalue weighted by atomic mass is 10.0. The molecule has 1 heteroatoms. The molecule has 0 amide bonds. The molecule has 1 aliphatic carbocycles. The van der Waals surface area contributed by atoms with Gasteiger partial charge in [0.1, 0.15) is 0 Å². The van der Waals surface area contributed by atoms with Crippen LogP contribution >= 0.6 is 0 Å². The third-order valence-electron chi connectivity index (χ3n) is 3.42. The first-order valence-corrected chi connectivity index (χ1v) is 6.58. The smallest absolute Gasteiger partial charge is 0.0136 e. The Kier molecular flexibility index (Phi) is 4.00. The van der Waals surface area contributed by atoms with Crippen LogP contribution in [0.15, 0.2) is 24.3 Å². The number of benzene rings is 1. The molecular weight excluding hydrogens is 194 g/mol. The summed E-state index contributed by atoms with van der Waals surface area (Å²) in [4.78, 5) is 0. The molecular formula is C15H23N. The van der Waals surface area contributed by atoms with Gasteiger partial charge in [0.05, 0.1) is 0 Å². The summed E-state index contributed by atoms with van der Waals surface area (Å²) in [6.45, 7) is 5.55. The number of hydrogen-bond donors (Lipinski definition) is 1. The van der Waals surface area contributed by atoms with Gasteiger partial charge < -0.3 is 5.32 Å². The van der Waals surface area contributed by atoms with Crippen LogP contribution in [-0.4, -0.2) is 12.6 Å². The topological polar surface area (TPSA) is 12.0 Å². The third-order valence-corrected chi connectivity index (χ3v) is 3.42. The molecule has 0 aromatic heterocycles. The van der Waals surface area contributed by atoms with E-state index >= 15 is 0 Å². The molecule has 88 valence electrons. The Hall–Kier alpha value is -0.820. The van der Waals surface area contributed by atoms with Gasteiger partial charge in [-0.2, -0.15) is 0 Å². The zero-order chi connectivity index (χ0) is 11.4. The minimum Gasteiger partial charge on any atom is -0.313 e. The van der Waals surface area contributed by atoms with Crippen molar-refractivity contribution >= 4 is 0 Å². The van der Waals surface area contributed by atoms with E-state index in [2.05, 4.69) is 43.4 Å². The highest BCUT2D eigenvalue weighted by Gasteiger charge is 2.30. The molecule has 1 saturated carbocycles. The van der Waals surface area contributed by atoms with Crippen LogP contribution in [0.25, 0.3) is 0 Å². The van der Waals surface area contributed by atoms with Crippen LogP contribution in [0, 0.1) is 12.8 Å². The normalized spacial score (nSPS) is 17.4. The molecule has 1 aliphatic rings. The summed E-state index contributed by atoms with van der Waals surface area (Å²) in [5.41, 5.74) is 2.83. The molecule has 0 heterocycles. The summed E-state index contributed by atoms with van der Waals surface area (Å²) in [6.07, 6.45) is 5.28. The fourth-order valence-corrected chi connectivity index (χ4v) is 2.21. The van der Waals surface area contributed by atoms with E-state index in [4.69, 9.17) is 0 Å². The predicted octanol–water partition coefficient (Wildman–Crippen LogP) is 3.32. The SMILES string of the molecule is CCCNC(Cc1ccc(C)cc1)C1CC1. The molecule has 0 saturated heterocycles. The Morgan fingerprint density at radius 2 is 1.94 bits per heavy atom. The number of aryl methyl sites for hydroxylation is 1. The summed E-state index contributed by atoms with van der Waals surface area (Å²) in [5.74, 6) is 0.938. The third kappa shape index (κ3) is 3.34. The van der Waals surface area contributed by atoms with Gasteiger partial charge in [-0.25, -0.2) is 0 Å². The van der Waals surface area contributed by atoms with Gasteiger partial charge in [-0.15, -0.1) is 0 Å². The van der Waals surface area contributed by atoms with Gasteiger partial charge in [0.2, 0.25) is 0 Å². The average Bonchev–Trinajstić information content (AvgIpc) is 3.11. The quantitative estimate of drug-likeness (QED) is 0.771. The van der Waals surface area contributed by atoms with Crippen LogP contribution in [0.1, 0.15) is 37.3 Å². The molecule has 0 bridgehead atoms. The van der Waals surface area contributed by atoms with Gasteiger partial charge in [0.25, 0.3) is 0 Å². The summed E-state index contributed by atoms with van der Waals surface area (Å²) in [7, 11) is 0. The maximum absolute atomic E-state index is 3.69. The molecule has 0 aliphatic heterocycles. The summed E-state index contributed by atoms with van der Waals surface area (Å²) < 4.78 is 0. The highest BCUT2D eigenvalue weighted by Crippen LogP contribution is 2.34. The van der Waals surface area contributed by atoms with Crippen molar-refractivity contribution in [2.24, 2.45) is 5.92 Å². The first-order chi connectivity index (χ1) is 7.79. The number of hydrogen-bond acceptors (Lipinski definition) is 1. The molecule has 1 aromatic rings. The van der Waals surface area contributed by atoms with E-state index in [-0.39, 0.29) is 0 Å². The molecule has 1 nitrogen and oxygen atoms in total. The number of nitrogens with one attached hydrogen (secondary N) is 1. The Morgan fingerprint density at radius 1 is 1.25 bits per heavy atom. The van der Waals surface area contributed by atoms with Crippen LogP contribution in [0.4, 0.5) is 0 Å². The minimum atomic E-state index is 0.711. The van der Waals surface area contributed by atoms with Crippen LogP contribution in [0.5, 0.6) is 0 Å². The van der Waals surface area contributed by atoms with E-state index < -0.39 is 0 Å². The molecule has 1 fully saturated rings. The highest BCUT2D eigenvalue weighted by atomic mass is 14.9. The molecule has 1 atom stereocenters. The second-order valence-electron chi connectivity index (χ2n) is 5.09. The van der Waals surface area contributed by atoms with Gasteiger partial charge in [0.15, 0.2) is 0 Å². The van der Waals surface area contributed by atoms with E-state index in [0.29, 0.717) is 6.04 Å². The van der Waals surface area contributed by atoms with Crippen LogP contribution < -0.4 is 5.32 Å². The molecule has 2 rings (SSSR count). The van der Waals surface area contributed by atoms with Crippen LogP contribution in [0.3, 0.4) is 0 Å². The number of rotatable bonds is 6. The van der Waals surface area contributed by atoms with Crippen molar-refractivity contribution < 1.29 is 0 Å². The molecule has 1 N–H and O–H groups in total. The van der Waals surface area contributed by atoms with Gasteiger partial charge in [-0.3, -0.25) is 0 Å². The van der Waals surface area contributed by atoms with E-state index in [1.807, 2.05) is 0 Å². The molecule has 16 heavy (non-hydrogen) atoms. The zero-order valence-corrected chi connectivity index (χ0v) is 10.5. The van der Waals surface area contributed by atoms with Gasteiger partial charge in [-0.05, 0) is 50.6 Å². The van der Waals surface area contributed by atoms with Gasteiger partial charge >= 0.3 is 0 Å². The second-order valence-corrected chi connectivity index (χ2v) is 5.09. The van der Waals surface area contributed by atoms with Crippen molar-refractivity contribution in [3.63, 3.8) is 0 Å². The fourth-order valence-electron chi connectivity index (χ4n) is 2.21. The van der Waals surface area contributed by atoms with E-state index in [0.717, 1.165) is 12.5 Å². The van der Waals surface area contributed by atoms with E-state index in [1.54, 1.807) is 0 Å². The summed E-state index contributed by atoms with van der Waals surface area (Å²) >= 11 is 0. The van der Waals surface area contributed by atoms with Crippen molar-refractivity contribution in [3.05, 3.63) is 35.4 Å². The lowest BCUT2D eigenvalue weighted by Crippen LogP contribution is -2.33. The van der Waals surface area contributed by atoms with Crippen molar-refractivity contribution in [2.75, 3.05) is 6.54 Å². The largest absolute Gasteiger partial charge is 0.313 e. The molecule has 0 spiro atoms. The lowest BCUT2D eigenvalue weighted by Gasteiger charge is -2.18. The zero-order valence-electron chi connectivity index (χ0n) is 10.5. The van der Waals surface area contributed by atoms with Crippen LogP contribution in [0.2, 0.25) is 0 Å². The Balaban J connectivity index is 1.91. The lowest BCUT2D eigenvalue weighted by molar-refractivity contribution is 0.460. The first-order valence-electron chi connectivity index (χ1n) is 6.58. The molecule has 1 unspecified atom stereocenters.